The van der Waals surface area contributed by atoms with E-state index in [1.54, 1.807) is 18.2 Å². The van der Waals surface area contributed by atoms with Gasteiger partial charge in [0.05, 0.1) is 23.7 Å². The lowest BCUT2D eigenvalue weighted by molar-refractivity contribution is 0.590. The molecule has 0 unspecified atom stereocenters. The summed E-state index contributed by atoms with van der Waals surface area (Å²) in [5, 5.41) is 12.5. The molecule has 0 fully saturated rings. The molecule has 0 aliphatic rings. The Bertz CT molecular complexity index is 2000. The van der Waals surface area contributed by atoms with Crippen LogP contribution in [0.3, 0.4) is 0 Å². The van der Waals surface area contributed by atoms with Crippen molar-refractivity contribution in [2.45, 2.75) is 52.4 Å². The fourth-order valence-electron chi connectivity index (χ4n) is 5.99. The second-order valence-electron chi connectivity index (χ2n) is 13.3. The van der Waals surface area contributed by atoms with Gasteiger partial charge >= 0.3 is 0 Å². The van der Waals surface area contributed by atoms with Crippen molar-refractivity contribution in [2.24, 2.45) is 0 Å². The van der Waals surface area contributed by atoms with E-state index in [-0.39, 0.29) is 10.8 Å². The summed E-state index contributed by atoms with van der Waals surface area (Å²) < 4.78 is 2.35. The van der Waals surface area contributed by atoms with Gasteiger partial charge in [0.15, 0.2) is 5.69 Å². The predicted molar refractivity (Wildman–Crippen MR) is 180 cm³/mol. The zero-order valence-corrected chi connectivity index (χ0v) is 25.7. The third kappa shape index (κ3) is 4.88. The minimum absolute atomic E-state index is 0.0289. The van der Waals surface area contributed by atoms with Crippen molar-refractivity contribution in [2.75, 3.05) is 0 Å². The maximum Gasteiger partial charge on any atom is 0.196 e. The van der Waals surface area contributed by atoms with E-state index >= 15 is 0 Å². The molecule has 0 saturated heterocycles. The van der Waals surface area contributed by atoms with Gasteiger partial charge in [0.25, 0.3) is 0 Å². The Labute approximate surface area is 254 Å². The van der Waals surface area contributed by atoms with E-state index in [9.17, 15) is 5.26 Å². The lowest BCUT2D eigenvalue weighted by atomic mass is 9.85. The maximum absolute atomic E-state index is 10.0. The van der Waals surface area contributed by atoms with Crippen molar-refractivity contribution in [1.82, 2.24) is 4.57 Å². The Morgan fingerprint density at radius 2 is 1.26 bits per heavy atom. The Morgan fingerprint density at radius 1 is 0.651 bits per heavy atom. The molecule has 43 heavy (non-hydrogen) atoms. The van der Waals surface area contributed by atoms with Crippen molar-refractivity contribution in [1.29, 1.82) is 5.26 Å². The van der Waals surface area contributed by atoms with Gasteiger partial charge in [0.2, 0.25) is 0 Å². The molecule has 0 saturated carbocycles. The zero-order chi connectivity index (χ0) is 30.5. The van der Waals surface area contributed by atoms with E-state index in [0.29, 0.717) is 16.8 Å². The number of fused-ring (bicyclic) bond motifs is 3. The molecule has 5 aromatic carbocycles. The molecule has 1 aromatic heterocycles. The molecule has 6 aromatic rings. The van der Waals surface area contributed by atoms with Gasteiger partial charge in [-0.1, -0.05) is 102 Å². The molecule has 3 nitrogen and oxygen atoms in total. The predicted octanol–water partition coefficient (Wildman–Crippen LogP) is 11.1. The lowest BCUT2D eigenvalue weighted by Crippen LogP contribution is -2.10. The first-order valence-electron chi connectivity index (χ1n) is 14.7. The molecule has 3 heteroatoms. The highest BCUT2D eigenvalue weighted by atomic mass is 15.0. The van der Waals surface area contributed by atoms with Gasteiger partial charge in [-0.25, -0.2) is 4.85 Å². The van der Waals surface area contributed by atoms with Crippen LogP contribution < -0.4 is 0 Å². The number of benzene rings is 5. The Kier molecular flexibility index (Phi) is 6.71. The van der Waals surface area contributed by atoms with Crippen molar-refractivity contribution in [3.05, 3.63) is 131 Å². The van der Waals surface area contributed by atoms with Crippen LogP contribution in [0.25, 0.3) is 54.6 Å². The van der Waals surface area contributed by atoms with Crippen LogP contribution in [0, 0.1) is 17.9 Å². The number of rotatable bonds is 3. The largest absolute Gasteiger partial charge is 0.309 e. The zero-order valence-electron chi connectivity index (χ0n) is 25.7. The number of nitriles is 1. The highest BCUT2D eigenvalue weighted by molar-refractivity contribution is 6.10. The highest BCUT2D eigenvalue weighted by Gasteiger charge is 2.22. The minimum Gasteiger partial charge on any atom is -0.309 e. The monoisotopic (exact) mass is 557 g/mol. The normalized spacial score (nSPS) is 11.9. The SMILES string of the molecule is [C-]#[N+]c1cccc(C#N)c1-c1ccc(-n2c3ccc(C(C)(C)C)cc3c3cc(C(C)(C)C)ccc32)cc1-c1ccccc1. The minimum atomic E-state index is 0.0289. The Morgan fingerprint density at radius 3 is 1.79 bits per heavy atom. The van der Waals surface area contributed by atoms with Gasteiger partial charge in [0, 0.05) is 27.6 Å². The molecule has 0 amide bonds. The standard InChI is InChI=1S/C40H35N3/c1-39(2,3)28-16-20-36-33(22-28)34-23-29(40(4,5)6)17-21-37(34)43(36)30-18-19-31(32(24-30)26-12-9-8-10-13-26)38-27(25-41)14-11-15-35(38)42-7/h8-24H,1-6H3. The first-order valence-corrected chi connectivity index (χ1v) is 14.7. The van der Waals surface area contributed by atoms with Crippen LogP contribution in [0.1, 0.15) is 58.2 Å². The Balaban J connectivity index is 1.70. The molecule has 0 N–H and O–H groups in total. The van der Waals surface area contributed by atoms with Crippen LogP contribution in [-0.4, -0.2) is 4.57 Å². The summed E-state index contributed by atoms with van der Waals surface area (Å²) in [6.45, 7) is 21.4. The molecule has 210 valence electrons. The summed E-state index contributed by atoms with van der Waals surface area (Å²) in [7, 11) is 0. The third-order valence-corrected chi connectivity index (χ3v) is 8.40. The molecule has 0 spiro atoms. The third-order valence-electron chi connectivity index (χ3n) is 8.40. The van der Waals surface area contributed by atoms with Crippen LogP contribution in [0.4, 0.5) is 5.69 Å². The number of aromatic nitrogens is 1. The van der Waals surface area contributed by atoms with Gasteiger partial charge in [-0.05, 0) is 81.1 Å². The quantitative estimate of drug-likeness (QED) is 0.199. The van der Waals surface area contributed by atoms with Crippen molar-refractivity contribution < 1.29 is 0 Å². The summed E-state index contributed by atoms with van der Waals surface area (Å²) >= 11 is 0. The van der Waals surface area contributed by atoms with E-state index in [1.165, 1.54) is 21.9 Å². The summed E-state index contributed by atoms with van der Waals surface area (Å²) in [5.74, 6) is 0. The number of hydrogen-bond acceptors (Lipinski definition) is 1. The van der Waals surface area contributed by atoms with Gasteiger partial charge in [-0.3, -0.25) is 0 Å². The molecule has 0 aliphatic heterocycles. The fraction of sp³-hybridized carbons (Fsp3) is 0.200. The van der Waals surface area contributed by atoms with Crippen molar-refractivity contribution in [3.63, 3.8) is 0 Å². The molecule has 0 atom stereocenters. The summed E-state index contributed by atoms with van der Waals surface area (Å²) in [5.41, 5.74) is 10.6. The van der Waals surface area contributed by atoms with E-state index in [1.807, 2.05) is 18.2 Å². The molecular formula is C40H35N3. The van der Waals surface area contributed by atoms with E-state index < -0.39 is 0 Å². The first kappa shape index (κ1) is 28.0. The summed E-state index contributed by atoms with van der Waals surface area (Å²) in [6, 6.07) is 38.1. The lowest BCUT2D eigenvalue weighted by Gasteiger charge is -2.19. The highest BCUT2D eigenvalue weighted by Crippen LogP contribution is 2.43. The van der Waals surface area contributed by atoms with Gasteiger partial charge in [-0.2, -0.15) is 5.26 Å². The number of nitrogens with zero attached hydrogens (tertiary/aromatic N) is 3. The van der Waals surface area contributed by atoms with Crippen LogP contribution in [-0.2, 0) is 10.8 Å². The molecule has 0 bridgehead atoms. The molecule has 0 aliphatic carbocycles. The smallest absolute Gasteiger partial charge is 0.196 e. The second kappa shape index (κ2) is 10.3. The summed E-state index contributed by atoms with van der Waals surface area (Å²) in [4.78, 5) is 3.79. The molecule has 1 heterocycles. The van der Waals surface area contributed by atoms with E-state index in [4.69, 9.17) is 6.57 Å². The maximum atomic E-state index is 10.0. The van der Waals surface area contributed by atoms with Crippen LogP contribution in [0.2, 0.25) is 0 Å². The van der Waals surface area contributed by atoms with Gasteiger partial charge in [-0.15, -0.1) is 0 Å². The topological polar surface area (TPSA) is 33.1 Å². The van der Waals surface area contributed by atoms with Crippen LogP contribution in [0.15, 0.2) is 103 Å². The molecule has 0 radical (unpaired) electrons. The molecular weight excluding hydrogens is 522 g/mol. The van der Waals surface area contributed by atoms with Crippen LogP contribution in [0.5, 0.6) is 0 Å². The van der Waals surface area contributed by atoms with Crippen molar-refractivity contribution >= 4 is 27.5 Å². The first-order chi connectivity index (χ1) is 20.5. The van der Waals surface area contributed by atoms with Gasteiger partial charge < -0.3 is 4.57 Å². The second-order valence-corrected chi connectivity index (χ2v) is 13.3. The summed E-state index contributed by atoms with van der Waals surface area (Å²) in [6.07, 6.45) is 0. The average molecular weight is 558 g/mol. The number of hydrogen-bond donors (Lipinski definition) is 0. The van der Waals surface area contributed by atoms with Crippen LogP contribution >= 0.6 is 0 Å². The Hall–Kier alpha value is -5.12. The van der Waals surface area contributed by atoms with Crippen molar-refractivity contribution in [3.8, 4) is 34.0 Å². The van der Waals surface area contributed by atoms with E-state index in [0.717, 1.165) is 33.4 Å². The average Bonchev–Trinajstić information content (AvgIpc) is 3.33. The van der Waals surface area contributed by atoms with Gasteiger partial charge in [0.1, 0.15) is 0 Å². The molecule has 6 rings (SSSR count). The fourth-order valence-corrected chi connectivity index (χ4v) is 5.99. The van der Waals surface area contributed by atoms with E-state index in [2.05, 4.69) is 124 Å².